The molecule has 0 bridgehead atoms. The third kappa shape index (κ3) is 2.05. The van der Waals surface area contributed by atoms with Crippen LogP contribution in [-0.4, -0.2) is 20.5 Å². The molecule has 0 aliphatic carbocycles. The summed E-state index contributed by atoms with van der Waals surface area (Å²) in [5.41, 5.74) is 1.21. The molecule has 1 amide bonds. The number of hydrogen-bond acceptors (Lipinski definition) is 4. The number of amides is 1. The fraction of sp³-hybridized carbons (Fsp3) is 0.154. The van der Waals surface area contributed by atoms with E-state index in [1.54, 1.807) is 12.1 Å². The lowest BCUT2D eigenvalue weighted by Crippen LogP contribution is -2.12. The Kier molecular flexibility index (Phi) is 2.98. The number of aryl methyl sites for hydroxylation is 2. The molecule has 5 nitrogen and oxygen atoms in total. The van der Waals surface area contributed by atoms with E-state index in [2.05, 4.69) is 15.5 Å². The SMILES string of the molecule is Cc1nnc2sc(C(=O)Nc3cccc(F)c3)c(C)n12. The van der Waals surface area contributed by atoms with Gasteiger partial charge in [0.1, 0.15) is 16.5 Å². The van der Waals surface area contributed by atoms with Crippen LogP contribution in [0, 0.1) is 19.7 Å². The maximum absolute atomic E-state index is 13.1. The molecule has 0 unspecified atom stereocenters. The molecule has 0 fully saturated rings. The molecule has 0 radical (unpaired) electrons. The second-order valence-corrected chi connectivity index (χ2v) is 5.32. The molecule has 0 aliphatic heterocycles. The zero-order valence-electron chi connectivity index (χ0n) is 10.8. The average molecular weight is 290 g/mol. The Morgan fingerprint density at radius 2 is 2.15 bits per heavy atom. The third-order valence-electron chi connectivity index (χ3n) is 2.94. The molecule has 1 aromatic carbocycles. The zero-order valence-corrected chi connectivity index (χ0v) is 11.7. The van der Waals surface area contributed by atoms with E-state index >= 15 is 0 Å². The first-order chi connectivity index (χ1) is 9.56. The van der Waals surface area contributed by atoms with E-state index in [4.69, 9.17) is 0 Å². The minimum absolute atomic E-state index is 0.275. The summed E-state index contributed by atoms with van der Waals surface area (Å²) in [6, 6.07) is 5.79. The Morgan fingerprint density at radius 1 is 1.35 bits per heavy atom. The van der Waals surface area contributed by atoms with Gasteiger partial charge in [0.2, 0.25) is 4.96 Å². The first kappa shape index (κ1) is 12.7. The summed E-state index contributed by atoms with van der Waals surface area (Å²) in [4.78, 5) is 13.5. The van der Waals surface area contributed by atoms with E-state index in [1.807, 2.05) is 18.2 Å². The molecule has 1 N–H and O–H groups in total. The van der Waals surface area contributed by atoms with Crippen molar-refractivity contribution in [1.82, 2.24) is 14.6 Å². The number of thiazole rings is 1. The highest BCUT2D eigenvalue weighted by Crippen LogP contribution is 2.23. The number of carbonyl (C=O) groups is 1. The third-order valence-corrected chi connectivity index (χ3v) is 4.07. The van der Waals surface area contributed by atoms with Crippen molar-refractivity contribution in [3.8, 4) is 0 Å². The molecule has 0 atom stereocenters. The van der Waals surface area contributed by atoms with E-state index in [9.17, 15) is 9.18 Å². The van der Waals surface area contributed by atoms with Crippen LogP contribution in [0.1, 0.15) is 21.2 Å². The van der Waals surface area contributed by atoms with Gasteiger partial charge in [-0.2, -0.15) is 0 Å². The van der Waals surface area contributed by atoms with Gasteiger partial charge in [0, 0.05) is 11.4 Å². The Balaban J connectivity index is 1.94. The quantitative estimate of drug-likeness (QED) is 0.789. The van der Waals surface area contributed by atoms with E-state index in [-0.39, 0.29) is 11.7 Å². The predicted molar refractivity (Wildman–Crippen MR) is 74.7 cm³/mol. The molecular weight excluding hydrogens is 279 g/mol. The molecule has 0 saturated heterocycles. The minimum atomic E-state index is -0.388. The lowest BCUT2D eigenvalue weighted by atomic mass is 10.3. The maximum atomic E-state index is 13.1. The molecule has 0 aliphatic rings. The number of aromatic nitrogens is 3. The van der Waals surface area contributed by atoms with Gasteiger partial charge in [0.05, 0.1) is 0 Å². The fourth-order valence-electron chi connectivity index (χ4n) is 2.03. The summed E-state index contributed by atoms with van der Waals surface area (Å²) in [7, 11) is 0. The van der Waals surface area contributed by atoms with Gasteiger partial charge in [0.25, 0.3) is 5.91 Å². The van der Waals surface area contributed by atoms with Crippen LogP contribution in [0.3, 0.4) is 0 Å². The highest BCUT2D eigenvalue weighted by Gasteiger charge is 2.18. The van der Waals surface area contributed by atoms with Gasteiger partial charge in [-0.3, -0.25) is 9.20 Å². The second kappa shape index (κ2) is 4.68. The zero-order chi connectivity index (χ0) is 14.3. The molecule has 2 aromatic heterocycles. The summed E-state index contributed by atoms with van der Waals surface area (Å²) in [5.74, 6) is 0.0714. The van der Waals surface area contributed by atoms with Gasteiger partial charge >= 0.3 is 0 Å². The number of benzene rings is 1. The second-order valence-electron chi connectivity index (χ2n) is 4.35. The Hall–Kier alpha value is -2.28. The largest absolute Gasteiger partial charge is 0.321 e. The summed E-state index contributed by atoms with van der Waals surface area (Å²) in [5, 5.41) is 10.6. The topological polar surface area (TPSA) is 59.3 Å². The van der Waals surface area contributed by atoms with Gasteiger partial charge in [-0.25, -0.2) is 4.39 Å². The molecule has 0 saturated carbocycles. The number of carbonyl (C=O) groups excluding carboxylic acids is 1. The van der Waals surface area contributed by atoms with Crippen molar-refractivity contribution in [1.29, 1.82) is 0 Å². The van der Waals surface area contributed by atoms with Crippen molar-refractivity contribution >= 4 is 27.9 Å². The summed E-state index contributed by atoms with van der Waals surface area (Å²) < 4.78 is 14.9. The van der Waals surface area contributed by atoms with E-state index in [0.29, 0.717) is 15.5 Å². The molecule has 3 aromatic rings. The molecule has 102 valence electrons. The van der Waals surface area contributed by atoms with Crippen LogP contribution in [0.25, 0.3) is 4.96 Å². The molecule has 3 rings (SSSR count). The number of nitrogens with zero attached hydrogens (tertiary/aromatic N) is 3. The van der Waals surface area contributed by atoms with Gasteiger partial charge in [-0.1, -0.05) is 17.4 Å². The number of nitrogens with one attached hydrogen (secondary N) is 1. The fourth-order valence-corrected chi connectivity index (χ4v) is 3.03. The lowest BCUT2D eigenvalue weighted by Gasteiger charge is -2.04. The van der Waals surface area contributed by atoms with Crippen LogP contribution in [0.4, 0.5) is 10.1 Å². The lowest BCUT2D eigenvalue weighted by molar-refractivity contribution is 0.102. The van der Waals surface area contributed by atoms with Crippen LogP contribution in [0.2, 0.25) is 0 Å². The number of fused-ring (bicyclic) bond motifs is 1. The summed E-state index contributed by atoms with van der Waals surface area (Å²) in [6.45, 7) is 3.66. The monoisotopic (exact) mass is 290 g/mol. The maximum Gasteiger partial charge on any atom is 0.267 e. The van der Waals surface area contributed by atoms with Gasteiger partial charge < -0.3 is 5.32 Å². The van der Waals surface area contributed by atoms with Gasteiger partial charge in [-0.15, -0.1) is 10.2 Å². The van der Waals surface area contributed by atoms with Gasteiger partial charge in [0.15, 0.2) is 0 Å². The predicted octanol–water partition coefficient (Wildman–Crippen LogP) is 2.80. The van der Waals surface area contributed by atoms with E-state index < -0.39 is 0 Å². The molecular formula is C13H11FN4OS. The van der Waals surface area contributed by atoms with E-state index in [0.717, 1.165) is 11.5 Å². The first-order valence-electron chi connectivity index (χ1n) is 5.94. The van der Waals surface area contributed by atoms with Crippen molar-refractivity contribution < 1.29 is 9.18 Å². The van der Waals surface area contributed by atoms with Crippen LogP contribution in [0.5, 0.6) is 0 Å². The Bertz CT molecular complexity index is 808. The average Bonchev–Trinajstić information content (AvgIpc) is 2.91. The van der Waals surface area contributed by atoms with Crippen molar-refractivity contribution in [2.24, 2.45) is 0 Å². The van der Waals surface area contributed by atoms with Crippen molar-refractivity contribution in [3.63, 3.8) is 0 Å². The molecule has 20 heavy (non-hydrogen) atoms. The standard InChI is InChI=1S/C13H11FN4OS/c1-7-11(20-13-17-16-8(2)18(7)13)12(19)15-10-5-3-4-9(14)6-10/h3-6H,1-2H3,(H,15,19). The van der Waals surface area contributed by atoms with Crippen LogP contribution in [-0.2, 0) is 0 Å². The number of halogens is 1. The Morgan fingerprint density at radius 3 is 2.85 bits per heavy atom. The minimum Gasteiger partial charge on any atom is -0.321 e. The Labute approximate surface area is 118 Å². The number of rotatable bonds is 2. The molecule has 2 heterocycles. The van der Waals surface area contributed by atoms with Crippen molar-refractivity contribution in [3.05, 3.63) is 46.5 Å². The van der Waals surface area contributed by atoms with Crippen LogP contribution < -0.4 is 5.32 Å². The van der Waals surface area contributed by atoms with Crippen molar-refractivity contribution in [2.75, 3.05) is 5.32 Å². The summed E-state index contributed by atoms with van der Waals surface area (Å²) in [6.07, 6.45) is 0. The highest BCUT2D eigenvalue weighted by atomic mass is 32.1. The van der Waals surface area contributed by atoms with Crippen molar-refractivity contribution in [2.45, 2.75) is 13.8 Å². The van der Waals surface area contributed by atoms with E-state index in [1.165, 1.54) is 23.5 Å². The molecule has 0 spiro atoms. The van der Waals surface area contributed by atoms with Gasteiger partial charge in [-0.05, 0) is 32.0 Å². The normalized spacial score (nSPS) is 10.9. The number of hydrogen-bond donors (Lipinski definition) is 1. The summed E-state index contributed by atoms with van der Waals surface area (Å²) >= 11 is 1.26. The first-order valence-corrected chi connectivity index (χ1v) is 6.76. The smallest absolute Gasteiger partial charge is 0.267 e. The number of anilines is 1. The van der Waals surface area contributed by atoms with Crippen LogP contribution >= 0.6 is 11.3 Å². The highest BCUT2D eigenvalue weighted by molar-refractivity contribution is 7.19. The van der Waals surface area contributed by atoms with Crippen LogP contribution in [0.15, 0.2) is 24.3 Å². The molecule has 7 heteroatoms.